The molecule has 0 aliphatic carbocycles. The van der Waals surface area contributed by atoms with Gasteiger partial charge < -0.3 is 11.1 Å². The molecule has 0 bridgehead atoms. The first-order chi connectivity index (χ1) is 10.3. The molecule has 0 aliphatic heterocycles. The highest BCUT2D eigenvalue weighted by atomic mass is 32.2. The number of hydrogen-bond acceptors (Lipinski definition) is 6. The number of amides is 1. The molecule has 1 aromatic rings. The van der Waals surface area contributed by atoms with Crippen LogP contribution >= 0.6 is 12.2 Å². The van der Waals surface area contributed by atoms with Gasteiger partial charge in [-0.15, -0.1) is 4.33 Å². The Labute approximate surface area is 127 Å². The van der Waals surface area contributed by atoms with Crippen molar-refractivity contribution in [1.29, 1.82) is 0 Å². The summed E-state index contributed by atoms with van der Waals surface area (Å²) in [6.07, 6.45) is 0. The summed E-state index contributed by atoms with van der Waals surface area (Å²) in [5, 5.41) is 2.12. The summed E-state index contributed by atoms with van der Waals surface area (Å²) in [4.78, 5) is 16.0. The van der Waals surface area contributed by atoms with E-state index in [1.165, 1.54) is 11.4 Å². The van der Waals surface area contributed by atoms with Crippen molar-refractivity contribution in [3.05, 3.63) is 28.8 Å². The highest BCUT2D eigenvalue weighted by Crippen LogP contribution is 2.25. The molecule has 0 atom stereocenters. The van der Waals surface area contributed by atoms with Crippen LogP contribution in [0.2, 0.25) is 0 Å². The quantitative estimate of drug-likeness (QED) is 0.149. The minimum absolute atomic E-state index is 0.0676. The maximum Gasteiger partial charge on any atom is 0.257 e. The van der Waals surface area contributed by atoms with Gasteiger partial charge in [-0.05, 0) is 7.05 Å². The zero-order valence-corrected chi connectivity index (χ0v) is 12.4. The maximum absolute atomic E-state index is 13.5. The number of likely N-dealkylation sites (N-methyl/N-ethyl adjacent to an activating group) is 1. The van der Waals surface area contributed by atoms with Crippen LogP contribution in [0.3, 0.4) is 0 Å². The predicted molar refractivity (Wildman–Crippen MR) is 71.3 cm³/mol. The lowest BCUT2D eigenvalue weighted by Crippen LogP contribution is -2.32. The molecular formula is C11H13F4N3O3S. The fourth-order valence-electron chi connectivity index (χ4n) is 1.38. The van der Waals surface area contributed by atoms with Crippen LogP contribution < -0.4 is 11.1 Å². The number of rotatable bonds is 7. The number of halogens is 4. The summed E-state index contributed by atoms with van der Waals surface area (Å²) in [6.45, 7) is 0.130. The Morgan fingerprint density at radius 2 is 1.77 bits per heavy atom. The number of anilines is 1. The first-order valence-corrected chi connectivity index (χ1v) is 6.49. The van der Waals surface area contributed by atoms with E-state index in [1.54, 1.807) is 7.05 Å². The van der Waals surface area contributed by atoms with E-state index < -0.39 is 40.4 Å². The van der Waals surface area contributed by atoms with Gasteiger partial charge in [-0.2, -0.15) is 0 Å². The molecule has 1 amide bonds. The molecular weight excluding hydrogens is 330 g/mol. The monoisotopic (exact) mass is 343 g/mol. The minimum Gasteiger partial charge on any atom is -0.394 e. The normalized spacial score (nSPS) is 11.0. The zero-order valence-electron chi connectivity index (χ0n) is 11.6. The summed E-state index contributed by atoms with van der Waals surface area (Å²) >= 11 is 0.812. The third-order valence-electron chi connectivity index (χ3n) is 2.46. The molecule has 0 fully saturated rings. The van der Waals surface area contributed by atoms with Gasteiger partial charge in [0.1, 0.15) is 23.5 Å². The minimum atomic E-state index is -1.85. The number of benzene rings is 1. The van der Waals surface area contributed by atoms with E-state index in [4.69, 9.17) is 5.73 Å². The van der Waals surface area contributed by atoms with Crippen LogP contribution in [0, 0.1) is 23.3 Å². The molecule has 0 heterocycles. The highest BCUT2D eigenvalue weighted by Gasteiger charge is 2.28. The Hall–Kier alpha value is -1.56. The third kappa shape index (κ3) is 4.22. The lowest BCUT2D eigenvalue weighted by atomic mass is 10.1. The second-order valence-corrected chi connectivity index (χ2v) is 4.87. The van der Waals surface area contributed by atoms with Gasteiger partial charge in [0.2, 0.25) is 0 Å². The van der Waals surface area contributed by atoms with Gasteiger partial charge in [-0.25, -0.2) is 26.8 Å². The van der Waals surface area contributed by atoms with E-state index in [2.05, 4.69) is 14.5 Å². The van der Waals surface area contributed by atoms with Crippen molar-refractivity contribution < 1.29 is 31.6 Å². The van der Waals surface area contributed by atoms with Crippen LogP contribution in [0.5, 0.6) is 0 Å². The third-order valence-corrected chi connectivity index (χ3v) is 3.10. The van der Waals surface area contributed by atoms with Crippen LogP contribution in [-0.4, -0.2) is 37.5 Å². The molecule has 0 unspecified atom stereocenters. The molecule has 0 saturated carbocycles. The van der Waals surface area contributed by atoms with Crippen molar-refractivity contribution in [3.63, 3.8) is 0 Å². The van der Waals surface area contributed by atoms with E-state index in [1.807, 2.05) is 0 Å². The zero-order chi connectivity index (χ0) is 16.9. The molecule has 1 rings (SSSR count). The van der Waals surface area contributed by atoms with Crippen LogP contribution in [-0.2, 0) is 9.22 Å². The number of hydrogen-bond donors (Lipinski definition) is 2. The van der Waals surface area contributed by atoms with Gasteiger partial charge in [-0.3, -0.25) is 4.79 Å². The maximum atomic E-state index is 13.5. The van der Waals surface area contributed by atoms with Gasteiger partial charge in [-0.1, -0.05) is 0 Å². The largest absolute Gasteiger partial charge is 0.394 e. The van der Waals surface area contributed by atoms with E-state index in [0.29, 0.717) is 0 Å². The van der Waals surface area contributed by atoms with Crippen molar-refractivity contribution in [1.82, 2.24) is 9.62 Å². The molecule has 11 heteroatoms. The molecule has 0 radical (unpaired) electrons. The van der Waals surface area contributed by atoms with E-state index >= 15 is 0 Å². The molecule has 3 N–H and O–H groups in total. The molecule has 6 nitrogen and oxygen atoms in total. The molecule has 22 heavy (non-hydrogen) atoms. The average Bonchev–Trinajstić information content (AvgIpc) is 2.49. The summed E-state index contributed by atoms with van der Waals surface area (Å²) in [5.74, 6) is -8.63. The van der Waals surface area contributed by atoms with Crippen LogP contribution in [0.15, 0.2) is 0 Å². The molecule has 0 saturated heterocycles. The molecule has 0 aromatic heterocycles. The van der Waals surface area contributed by atoms with Crippen molar-refractivity contribution in [3.8, 4) is 0 Å². The average molecular weight is 343 g/mol. The number of nitrogens with zero attached hydrogens (tertiary/aromatic N) is 1. The van der Waals surface area contributed by atoms with Gasteiger partial charge in [0, 0.05) is 13.1 Å². The standard InChI is InChI=1S/C11H13F4N3O3S/c1-18(22-21-20-2)4-3-17-11(19)5-6(12)8(14)10(16)9(15)7(5)13/h3-4,16H2,1-2H3,(H,17,19). The molecule has 1 aromatic carbocycles. The van der Waals surface area contributed by atoms with Crippen molar-refractivity contribution >= 4 is 23.8 Å². The smallest absolute Gasteiger partial charge is 0.257 e. The predicted octanol–water partition coefficient (Wildman–Crippen LogP) is 1.63. The lowest BCUT2D eigenvalue weighted by Gasteiger charge is -2.14. The Bertz CT molecular complexity index is 533. The number of nitrogen functional groups attached to an aromatic ring is 1. The number of carbonyl (C=O) groups excluding carboxylic acids is 1. The van der Waals surface area contributed by atoms with Gasteiger partial charge in [0.15, 0.2) is 23.3 Å². The van der Waals surface area contributed by atoms with E-state index in [0.717, 1.165) is 12.2 Å². The number of nitrogens with one attached hydrogen (secondary N) is 1. The van der Waals surface area contributed by atoms with Crippen LogP contribution in [0.1, 0.15) is 10.4 Å². The SMILES string of the molecule is COOSN(C)CCNC(=O)c1c(F)c(F)c(N)c(F)c1F. The lowest BCUT2D eigenvalue weighted by molar-refractivity contribution is -0.163. The van der Waals surface area contributed by atoms with Gasteiger partial charge in [0.25, 0.3) is 5.91 Å². The van der Waals surface area contributed by atoms with Gasteiger partial charge in [0.05, 0.1) is 7.11 Å². The van der Waals surface area contributed by atoms with Crippen molar-refractivity contribution in [2.75, 3.05) is 33.0 Å². The Morgan fingerprint density at radius 3 is 2.27 bits per heavy atom. The number of nitrogens with two attached hydrogens (primary N) is 1. The van der Waals surface area contributed by atoms with Crippen molar-refractivity contribution in [2.24, 2.45) is 0 Å². The first kappa shape index (κ1) is 18.5. The Balaban J connectivity index is 2.75. The summed E-state index contributed by atoms with van der Waals surface area (Å²) in [5.41, 5.74) is 2.15. The Morgan fingerprint density at radius 1 is 1.23 bits per heavy atom. The van der Waals surface area contributed by atoms with Crippen LogP contribution in [0.25, 0.3) is 0 Å². The number of carbonyl (C=O) groups is 1. The molecule has 124 valence electrons. The second kappa shape index (κ2) is 8.17. The molecule has 0 aliphatic rings. The second-order valence-electron chi connectivity index (χ2n) is 3.96. The fraction of sp³-hybridized carbons (Fsp3) is 0.364. The fourth-order valence-corrected chi connectivity index (χ4v) is 1.71. The topological polar surface area (TPSA) is 76.8 Å². The van der Waals surface area contributed by atoms with E-state index in [9.17, 15) is 22.4 Å². The first-order valence-electron chi connectivity index (χ1n) is 5.79. The van der Waals surface area contributed by atoms with Crippen molar-refractivity contribution in [2.45, 2.75) is 0 Å². The summed E-state index contributed by atoms with van der Waals surface area (Å²) in [7, 11) is 2.87. The molecule has 0 spiro atoms. The van der Waals surface area contributed by atoms with Crippen LogP contribution in [0.4, 0.5) is 23.2 Å². The van der Waals surface area contributed by atoms with E-state index in [-0.39, 0.29) is 13.1 Å². The summed E-state index contributed by atoms with van der Waals surface area (Å²) in [6, 6.07) is 0. The Kier molecular flexibility index (Phi) is 6.87. The summed E-state index contributed by atoms with van der Waals surface area (Å²) < 4.78 is 59.6. The van der Waals surface area contributed by atoms with Gasteiger partial charge >= 0.3 is 0 Å². The highest BCUT2D eigenvalue weighted by molar-refractivity contribution is 7.92.